The Labute approximate surface area is 78.4 Å². The first-order chi connectivity index (χ1) is 6.08. The highest BCUT2D eigenvalue weighted by molar-refractivity contribution is 5.91. The molecule has 0 amide bonds. The Morgan fingerprint density at radius 2 is 2.08 bits per heavy atom. The highest BCUT2D eigenvalue weighted by Gasteiger charge is 2.50. The van der Waals surface area contributed by atoms with E-state index in [2.05, 4.69) is 11.9 Å². The quantitative estimate of drug-likeness (QED) is 0.738. The summed E-state index contributed by atoms with van der Waals surface area (Å²) in [6.07, 6.45) is 4.05. The van der Waals surface area contributed by atoms with Crippen molar-refractivity contribution in [3.63, 3.8) is 0 Å². The van der Waals surface area contributed by atoms with E-state index in [4.69, 9.17) is 0 Å². The molecule has 2 heteroatoms. The van der Waals surface area contributed by atoms with Gasteiger partial charge in [-0.15, -0.1) is 0 Å². The molecule has 0 radical (unpaired) electrons. The van der Waals surface area contributed by atoms with Crippen LogP contribution in [0.5, 0.6) is 0 Å². The van der Waals surface area contributed by atoms with Gasteiger partial charge in [0.2, 0.25) is 0 Å². The molecule has 0 unspecified atom stereocenters. The molecule has 2 rings (SSSR count). The van der Waals surface area contributed by atoms with Crippen molar-refractivity contribution in [1.82, 2.24) is 4.98 Å². The zero-order valence-electron chi connectivity index (χ0n) is 8.40. The average molecular weight is 177 g/mol. The number of nitrogens with one attached hydrogen (secondary N) is 1. The Balaban J connectivity index is 2.51. The fourth-order valence-electron chi connectivity index (χ4n) is 2.30. The molecule has 70 valence electrons. The molecule has 1 aromatic heterocycles. The Morgan fingerprint density at radius 3 is 2.38 bits per heavy atom. The van der Waals surface area contributed by atoms with Crippen molar-refractivity contribution >= 4 is 5.78 Å². The summed E-state index contributed by atoms with van der Waals surface area (Å²) >= 11 is 0. The van der Waals surface area contributed by atoms with Crippen LogP contribution in [0.1, 0.15) is 36.6 Å². The molecular formula is C11H15NO. The molecule has 1 aromatic rings. The van der Waals surface area contributed by atoms with Crippen LogP contribution in [-0.2, 0) is 10.2 Å². The standard InChI is InChI=1S/C11H15NO/c1-7-6-12-8(2)10(7)11(4-5-11)9(3)13/h6,12H,4-5H2,1-3H3. The van der Waals surface area contributed by atoms with Gasteiger partial charge in [-0.25, -0.2) is 0 Å². The van der Waals surface area contributed by atoms with E-state index in [1.807, 2.05) is 13.1 Å². The molecule has 0 aliphatic heterocycles. The predicted octanol–water partition coefficient (Wildman–Crippen LogP) is 2.25. The van der Waals surface area contributed by atoms with Crippen LogP contribution in [0.25, 0.3) is 0 Å². The molecule has 0 atom stereocenters. The molecule has 1 fully saturated rings. The van der Waals surface area contributed by atoms with E-state index >= 15 is 0 Å². The summed E-state index contributed by atoms with van der Waals surface area (Å²) in [6, 6.07) is 0. The highest BCUT2D eigenvalue weighted by Crippen LogP contribution is 2.51. The second-order valence-corrected chi connectivity index (χ2v) is 4.11. The minimum Gasteiger partial charge on any atom is -0.365 e. The smallest absolute Gasteiger partial charge is 0.140 e. The third-order valence-electron chi connectivity index (χ3n) is 3.18. The monoisotopic (exact) mass is 177 g/mol. The molecule has 0 spiro atoms. The minimum atomic E-state index is -0.117. The van der Waals surface area contributed by atoms with Crippen molar-refractivity contribution < 1.29 is 4.79 Å². The molecule has 1 aliphatic rings. The minimum absolute atomic E-state index is 0.117. The lowest BCUT2D eigenvalue weighted by Gasteiger charge is -2.12. The molecule has 0 bridgehead atoms. The number of aromatic nitrogens is 1. The second-order valence-electron chi connectivity index (χ2n) is 4.11. The third kappa shape index (κ3) is 1.05. The molecule has 0 aromatic carbocycles. The molecule has 13 heavy (non-hydrogen) atoms. The number of H-pyrrole nitrogens is 1. The lowest BCUT2D eigenvalue weighted by Crippen LogP contribution is -2.18. The maximum absolute atomic E-state index is 11.5. The van der Waals surface area contributed by atoms with Gasteiger partial charge < -0.3 is 4.98 Å². The number of hydrogen-bond acceptors (Lipinski definition) is 1. The molecule has 1 N–H and O–H groups in total. The molecule has 0 saturated heterocycles. The van der Waals surface area contributed by atoms with Crippen LogP contribution in [-0.4, -0.2) is 10.8 Å². The first-order valence-electron chi connectivity index (χ1n) is 4.74. The summed E-state index contributed by atoms with van der Waals surface area (Å²) in [5.41, 5.74) is 3.52. The SMILES string of the molecule is CC(=O)C1(c2c(C)c[nH]c2C)CC1. The average Bonchev–Trinajstić information content (AvgIpc) is 2.77. The first kappa shape index (κ1) is 8.54. The Hall–Kier alpha value is -1.05. The van der Waals surface area contributed by atoms with Gasteiger partial charge in [0, 0.05) is 11.9 Å². The molecule has 1 aliphatic carbocycles. The van der Waals surface area contributed by atoms with E-state index in [1.165, 1.54) is 11.1 Å². The number of ketones is 1. The lowest BCUT2D eigenvalue weighted by atomic mass is 9.90. The number of rotatable bonds is 2. The van der Waals surface area contributed by atoms with Gasteiger partial charge in [-0.2, -0.15) is 0 Å². The number of hydrogen-bond donors (Lipinski definition) is 1. The fourth-order valence-corrected chi connectivity index (χ4v) is 2.30. The number of Topliss-reactive ketones (excluding diaryl/α,β-unsaturated/α-hetero) is 1. The van der Waals surface area contributed by atoms with Gasteiger partial charge in [0.1, 0.15) is 5.78 Å². The molecule has 1 heterocycles. The van der Waals surface area contributed by atoms with E-state index in [-0.39, 0.29) is 5.41 Å². The Morgan fingerprint density at radius 1 is 1.46 bits per heavy atom. The summed E-state index contributed by atoms with van der Waals surface area (Å²) < 4.78 is 0. The van der Waals surface area contributed by atoms with Gasteiger partial charge in [-0.1, -0.05) is 0 Å². The number of aromatic amines is 1. The zero-order valence-corrected chi connectivity index (χ0v) is 8.40. The summed E-state index contributed by atoms with van der Waals surface area (Å²) in [6.45, 7) is 5.83. The largest absolute Gasteiger partial charge is 0.365 e. The van der Waals surface area contributed by atoms with Crippen LogP contribution in [0.4, 0.5) is 0 Å². The normalized spacial score (nSPS) is 18.7. The van der Waals surface area contributed by atoms with Crippen LogP contribution in [0.3, 0.4) is 0 Å². The molecule has 1 saturated carbocycles. The van der Waals surface area contributed by atoms with E-state index < -0.39 is 0 Å². The number of carbonyl (C=O) groups is 1. The Bertz CT molecular complexity index is 339. The van der Waals surface area contributed by atoms with E-state index in [0.717, 1.165) is 18.5 Å². The van der Waals surface area contributed by atoms with Crippen molar-refractivity contribution in [1.29, 1.82) is 0 Å². The molecule has 2 nitrogen and oxygen atoms in total. The van der Waals surface area contributed by atoms with Crippen molar-refractivity contribution in [3.8, 4) is 0 Å². The van der Waals surface area contributed by atoms with Crippen LogP contribution >= 0.6 is 0 Å². The topological polar surface area (TPSA) is 32.9 Å². The highest BCUT2D eigenvalue weighted by atomic mass is 16.1. The van der Waals surface area contributed by atoms with E-state index in [1.54, 1.807) is 6.92 Å². The van der Waals surface area contributed by atoms with E-state index in [9.17, 15) is 4.79 Å². The van der Waals surface area contributed by atoms with E-state index in [0.29, 0.717) is 5.78 Å². The van der Waals surface area contributed by atoms with Gasteiger partial charge in [0.05, 0.1) is 5.41 Å². The summed E-state index contributed by atoms with van der Waals surface area (Å²) in [5, 5.41) is 0. The van der Waals surface area contributed by atoms with Gasteiger partial charge in [0.25, 0.3) is 0 Å². The summed E-state index contributed by atoms with van der Waals surface area (Å²) in [4.78, 5) is 14.7. The number of carbonyl (C=O) groups excluding carboxylic acids is 1. The maximum atomic E-state index is 11.5. The van der Waals surface area contributed by atoms with Crippen LogP contribution in [0, 0.1) is 13.8 Å². The summed E-state index contributed by atoms with van der Waals surface area (Å²) in [5.74, 6) is 0.318. The Kier molecular flexibility index (Phi) is 1.62. The van der Waals surface area contributed by atoms with Crippen molar-refractivity contribution in [3.05, 3.63) is 23.0 Å². The zero-order chi connectivity index (χ0) is 9.64. The van der Waals surface area contributed by atoms with Crippen LogP contribution in [0.15, 0.2) is 6.20 Å². The van der Waals surface area contributed by atoms with Gasteiger partial charge in [0.15, 0.2) is 0 Å². The number of aryl methyl sites for hydroxylation is 2. The second kappa shape index (κ2) is 2.47. The maximum Gasteiger partial charge on any atom is 0.140 e. The van der Waals surface area contributed by atoms with Crippen LogP contribution < -0.4 is 0 Å². The molecular weight excluding hydrogens is 162 g/mol. The van der Waals surface area contributed by atoms with Gasteiger partial charge >= 0.3 is 0 Å². The first-order valence-corrected chi connectivity index (χ1v) is 4.74. The predicted molar refractivity (Wildman–Crippen MR) is 51.9 cm³/mol. The lowest BCUT2D eigenvalue weighted by molar-refractivity contribution is -0.119. The van der Waals surface area contributed by atoms with Crippen molar-refractivity contribution in [2.75, 3.05) is 0 Å². The summed E-state index contributed by atoms with van der Waals surface area (Å²) in [7, 11) is 0. The van der Waals surface area contributed by atoms with Crippen LogP contribution in [0.2, 0.25) is 0 Å². The van der Waals surface area contributed by atoms with Gasteiger partial charge in [-0.3, -0.25) is 4.79 Å². The van der Waals surface area contributed by atoms with Crippen molar-refractivity contribution in [2.45, 2.75) is 39.0 Å². The third-order valence-corrected chi connectivity index (χ3v) is 3.18. The fraction of sp³-hybridized carbons (Fsp3) is 0.545. The van der Waals surface area contributed by atoms with Gasteiger partial charge in [-0.05, 0) is 44.7 Å². The van der Waals surface area contributed by atoms with Crippen molar-refractivity contribution in [2.24, 2.45) is 0 Å².